The molecule has 0 bridgehead atoms. The van der Waals surface area contributed by atoms with E-state index in [1.807, 2.05) is 44.6 Å². The molecule has 2 heterocycles. The molecule has 0 unspecified atom stereocenters. The lowest BCUT2D eigenvalue weighted by Crippen LogP contribution is -2.40. The standard InChI is InChI=1S/C28H38N4O4S/c1-31(2)11-6-14-36-15-16-37(34,35)32-12-9-22(10-13-32)26-20-30-28-24(19-27(29)33)17-23(18-25(26)28)21-7-4-3-5-8-21/h3-5,7-8,17-18,20,22,30H,6,9-16,19H2,1-2H3,(H2,29,33). The fourth-order valence-corrected chi connectivity index (χ4v) is 6.47. The van der Waals surface area contributed by atoms with E-state index in [-0.39, 0.29) is 30.6 Å². The summed E-state index contributed by atoms with van der Waals surface area (Å²) in [5.74, 6) is -0.123. The number of aromatic nitrogens is 1. The minimum Gasteiger partial charge on any atom is -0.380 e. The number of ether oxygens (including phenoxy) is 1. The van der Waals surface area contributed by atoms with Gasteiger partial charge in [-0.3, -0.25) is 4.79 Å². The lowest BCUT2D eigenvalue weighted by molar-refractivity contribution is -0.117. The number of amides is 1. The number of carbonyl (C=O) groups is 1. The Balaban J connectivity index is 1.45. The molecule has 2 aromatic carbocycles. The van der Waals surface area contributed by atoms with Gasteiger partial charge in [0.1, 0.15) is 0 Å². The van der Waals surface area contributed by atoms with Gasteiger partial charge in [0.15, 0.2) is 0 Å². The topological polar surface area (TPSA) is 109 Å². The summed E-state index contributed by atoms with van der Waals surface area (Å²) in [6, 6.07) is 14.3. The number of rotatable bonds is 12. The zero-order chi connectivity index (χ0) is 26.4. The zero-order valence-corrected chi connectivity index (χ0v) is 22.6. The van der Waals surface area contributed by atoms with Crippen molar-refractivity contribution in [2.45, 2.75) is 31.6 Å². The molecule has 0 spiro atoms. The molecule has 1 aliphatic rings. The first-order valence-electron chi connectivity index (χ1n) is 12.9. The molecular formula is C28H38N4O4S. The maximum atomic E-state index is 12.9. The number of nitrogens with one attached hydrogen (secondary N) is 1. The summed E-state index contributed by atoms with van der Waals surface area (Å²) < 4.78 is 32.9. The summed E-state index contributed by atoms with van der Waals surface area (Å²) in [5, 5.41) is 1.07. The number of sulfonamides is 1. The summed E-state index contributed by atoms with van der Waals surface area (Å²) in [6.45, 7) is 2.70. The van der Waals surface area contributed by atoms with Crippen LogP contribution >= 0.6 is 0 Å². The smallest absolute Gasteiger partial charge is 0.221 e. The number of hydrogen-bond donors (Lipinski definition) is 2. The number of H-pyrrole nitrogens is 1. The fraction of sp³-hybridized carbons (Fsp3) is 0.464. The second-order valence-electron chi connectivity index (χ2n) is 10.1. The molecule has 1 aromatic heterocycles. The molecule has 0 radical (unpaired) electrons. The number of primary amides is 1. The molecule has 8 nitrogen and oxygen atoms in total. The van der Waals surface area contributed by atoms with Gasteiger partial charge in [-0.25, -0.2) is 12.7 Å². The van der Waals surface area contributed by atoms with E-state index < -0.39 is 10.0 Å². The quantitative estimate of drug-likeness (QED) is 0.352. The Morgan fingerprint density at radius 1 is 1.11 bits per heavy atom. The Bertz CT molecular complexity index is 1300. The SMILES string of the molecule is CN(C)CCCOCCS(=O)(=O)N1CCC(c2c[nH]c3c(CC(N)=O)cc(-c4ccccc4)cc23)CC1. The number of nitrogens with two attached hydrogens (primary N) is 1. The fourth-order valence-electron chi connectivity index (χ4n) is 5.11. The Morgan fingerprint density at radius 2 is 1.84 bits per heavy atom. The molecule has 1 amide bonds. The van der Waals surface area contributed by atoms with E-state index >= 15 is 0 Å². The van der Waals surface area contributed by atoms with Crippen LogP contribution in [0.5, 0.6) is 0 Å². The van der Waals surface area contributed by atoms with Crippen LogP contribution in [0.2, 0.25) is 0 Å². The number of benzene rings is 2. The molecule has 37 heavy (non-hydrogen) atoms. The van der Waals surface area contributed by atoms with Crippen molar-refractivity contribution in [2.75, 3.05) is 52.7 Å². The number of hydrogen-bond acceptors (Lipinski definition) is 5. The van der Waals surface area contributed by atoms with Crippen LogP contribution in [0.3, 0.4) is 0 Å². The highest BCUT2D eigenvalue weighted by Crippen LogP contribution is 2.37. The zero-order valence-electron chi connectivity index (χ0n) is 21.8. The predicted octanol–water partition coefficient (Wildman–Crippen LogP) is 3.34. The summed E-state index contributed by atoms with van der Waals surface area (Å²) in [7, 11) is 0.667. The van der Waals surface area contributed by atoms with Crippen LogP contribution in [-0.4, -0.2) is 81.2 Å². The molecule has 3 N–H and O–H groups in total. The Labute approximate surface area is 219 Å². The second-order valence-corrected chi connectivity index (χ2v) is 12.2. The average Bonchev–Trinajstić information content (AvgIpc) is 3.31. The molecule has 1 aliphatic heterocycles. The average molecular weight is 527 g/mol. The van der Waals surface area contributed by atoms with E-state index in [4.69, 9.17) is 10.5 Å². The van der Waals surface area contributed by atoms with Gasteiger partial charge in [0, 0.05) is 36.8 Å². The molecule has 0 atom stereocenters. The molecule has 9 heteroatoms. The molecule has 1 fully saturated rings. The monoisotopic (exact) mass is 526 g/mol. The molecular weight excluding hydrogens is 488 g/mol. The van der Waals surface area contributed by atoms with Crippen LogP contribution in [0, 0.1) is 0 Å². The van der Waals surface area contributed by atoms with E-state index in [0.29, 0.717) is 19.7 Å². The van der Waals surface area contributed by atoms with Crippen LogP contribution in [-0.2, 0) is 26.0 Å². The highest BCUT2D eigenvalue weighted by atomic mass is 32.2. The van der Waals surface area contributed by atoms with Crippen LogP contribution in [0.15, 0.2) is 48.7 Å². The normalized spacial score (nSPS) is 15.5. The van der Waals surface area contributed by atoms with Gasteiger partial charge in [-0.05, 0) is 80.2 Å². The van der Waals surface area contributed by atoms with Crippen LogP contribution in [0.25, 0.3) is 22.0 Å². The second kappa shape index (κ2) is 12.2. The van der Waals surface area contributed by atoms with E-state index in [9.17, 15) is 13.2 Å². The first-order chi connectivity index (χ1) is 17.7. The third kappa shape index (κ3) is 6.98. The largest absolute Gasteiger partial charge is 0.380 e. The lowest BCUT2D eigenvalue weighted by Gasteiger charge is -2.31. The van der Waals surface area contributed by atoms with Gasteiger partial charge in [-0.1, -0.05) is 30.3 Å². The number of fused-ring (bicyclic) bond motifs is 1. The first kappa shape index (κ1) is 27.3. The Kier molecular flexibility index (Phi) is 9.02. The Morgan fingerprint density at radius 3 is 2.51 bits per heavy atom. The van der Waals surface area contributed by atoms with E-state index in [0.717, 1.165) is 53.4 Å². The molecule has 0 saturated carbocycles. The van der Waals surface area contributed by atoms with Crippen molar-refractivity contribution in [3.05, 3.63) is 59.8 Å². The Hall–Kier alpha value is -2.72. The minimum absolute atomic E-state index is 0.0175. The van der Waals surface area contributed by atoms with Crippen molar-refractivity contribution in [3.8, 4) is 11.1 Å². The number of nitrogens with zero attached hydrogens (tertiary/aromatic N) is 2. The van der Waals surface area contributed by atoms with Gasteiger partial charge in [-0.15, -0.1) is 0 Å². The predicted molar refractivity (Wildman–Crippen MR) is 148 cm³/mol. The molecule has 0 aliphatic carbocycles. The maximum absolute atomic E-state index is 12.9. The van der Waals surface area contributed by atoms with Gasteiger partial charge in [0.05, 0.1) is 18.8 Å². The molecule has 3 aromatic rings. The third-order valence-corrected chi connectivity index (χ3v) is 8.88. The van der Waals surface area contributed by atoms with Crippen LogP contribution in [0.4, 0.5) is 0 Å². The summed E-state index contributed by atoms with van der Waals surface area (Å²) in [5.41, 5.74) is 10.6. The number of piperidine rings is 1. The minimum atomic E-state index is -3.35. The number of carbonyl (C=O) groups excluding carboxylic acids is 1. The lowest BCUT2D eigenvalue weighted by atomic mass is 9.88. The van der Waals surface area contributed by atoms with Gasteiger partial charge in [0.25, 0.3) is 0 Å². The van der Waals surface area contributed by atoms with Gasteiger partial charge >= 0.3 is 0 Å². The third-order valence-electron chi connectivity index (χ3n) is 7.04. The van der Waals surface area contributed by atoms with Gasteiger partial charge in [-0.2, -0.15) is 0 Å². The summed E-state index contributed by atoms with van der Waals surface area (Å²) >= 11 is 0. The van der Waals surface area contributed by atoms with E-state index in [1.165, 1.54) is 5.56 Å². The highest BCUT2D eigenvalue weighted by Gasteiger charge is 2.30. The van der Waals surface area contributed by atoms with E-state index in [2.05, 4.69) is 28.1 Å². The summed E-state index contributed by atoms with van der Waals surface area (Å²) in [4.78, 5) is 17.2. The first-order valence-corrected chi connectivity index (χ1v) is 14.5. The van der Waals surface area contributed by atoms with Crippen LogP contribution < -0.4 is 5.73 Å². The van der Waals surface area contributed by atoms with Crippen molar-refractivity contribution in [3.63, 3.8) is 0 Å². The van der Waals surface area contributed by atoms with E-state index in [1.54, 1.807) is 4.31 Å². The van der Waals surface area contributed by atoms with Crippen molar-refractivity contribution < 1.29 is 17.9 Å². The van der Waals surface area contributed by atoms with Crippen molar-refractivity contribution in [2.24, 2.45) is 5.73 Å². The number of aromatic amines is 1. The molecule has 200 valence electrons. The van der Waals surface area contributed by atoms with Gasteiger partial charge in [0.2, 0.25) is 15.9 Å². The molecule has 1 saturated heterocycles. The molecule has 4 rings (SSSR count). The van der Waals surface area contributed by atoms with Crippen molar-refractivity contribution in [1.29, 1.82) is 0 Å². The summed E-state index contributed by atoms with van der Waals surface area (Å²) in [6.07, 6.45) is 4.55. The van der Waals surface area contributed by atoms with Gasteiger partial charge < -0.3 is 20.4 Å². The van der Waals surface area contributed by atoms with Crippen LogP contribution in [0.1, 0.15) is 36.3 Å². The van der Waals surface area contributed by atoms with Crippen molar-refractivity contribution >= 4 is 26.8 Å². The van der Waals surface area contributed by atoms with Crippen molar-refractivity contribution in [1.82, 2.24) is 14.2 Å². The highest BCUT2D eigenvalue weighted by molar-refractivity contribution is 7.89. The maximum Gasteiger partial charge on any atom is 0.221 e.